The van der Waals surface area contributed by atoms with Crippen molar-refractivity contribution >= 4 is 23.5 Å². The summed E-state index contributed by atoms with van der Waals surface area (Å²) < 4.78 is 18.4. The monoisotopic (exact) mass is 277 g/mol. The van der Waals surface area contributed by atoms with Gasteiger partial charge in [-0.2, -0.15) is 4.37 Å². The summed E-state index contributed by atoms with van der Waals surface area (Å²) in [5.74, 6) is 0.458. The van der Waals surface area contributed by atoms with Crippen molar-refractivity contribution in [2.75, 3.05) is 18.1 Å². The van der Waals surface area contributed by atoms with E-state index >= 15 is 0 Å². The van der Waals surface area contributed by atoms with Crippen molar-refractivity contribution in [1.29, 1.82) is 0 Å². The second-order valence-electron chi connectivity index (χ2n) is 4.01. The maximum atomic E-state index is 11.8. The molecule has 2 aromatic rings. The van der Waals surface area contributed by atoms with Gasteiger partial charge in [-0.1, -0.05) is 18.2 Å². The SMILES string of the molecule is O=C1OC(COc2cnsn2)CN1c1ccccc1. The van der Waals surface area contributed by atoms with Gasteiger partial charge in [0.1, 0.15) is 12.8 Å². The van der Waals surface area contributed by atoms with Crippen LogP contribution in [0.1, 0.15) is 0 Å². The highest BCUT2D eigenvalue weighted by atomic mass is 32.1. The third-order valence-electron chi connectivity index (χ3n) is 2.70. The van der Waals surface area contributed by atoms with Crippen molar-refractivity contribution in [1.82, 2.24) is 8.75 Å². The number of nitrogens with zero attached hydrogens (tertiary/aromatic N) is 3. The molecule has 1 aromatic heterocycles. The second-order valence-corrected chi connectivity index (χ2v) is 4.57. The molecule has 19 heavy (non-hydrogen) atoms. The zero-order valence-corrected chi connectivity index (χ0v) is 10.7. The Hall–Kier alpha value is -2.15. The highest BCUT2D eigenvalue weighted by molar-refractivity contribution is 6.99. The van der Waals surface area contributed by atoms with Gasteiger partial charge >= 0.3 is 6.09 Å². The number of anilines is 1. The highest BCUT2D eigenvalue weighted by Crippen LogP contribution is 2.21. The van der Waals surface area contributed by atoms with Crippen molar-refractivity contribution in [3.63, 3.8) is 0 Å². The molecule has 7 heteroatoms. The standard InChI is InChI=1S/C12H11N3O3S/c16-12-15(9-4-2-1-3-5-9)7-10(18-12)8-17-11-6-13-19-14-11/h1-6,10H,7-8H2. The van der Waals surface area contributed by atoms with Gasteiger partial charge in [0, 0.05) is 5.69 Å². The summed E-state index contributed by atoms with van der Waals surface area (Å²) in [4.78, 5) is 13.4. The Morgan fingerprint density at radius 1 is 1.42 bits per heavy atom. The van der Waals surface area contributed by atoms with E-state index in [1.54, 1.807) is 4.90 Å². The van der Waals surface area contributed by atoms with Crippen molar-refractivity contribution in [3.8, 4) is 5.88 Å². The fourth-order valence-electron chi connectivity index (χ4n) is 1.83. The Labute approximate surface area is 113 Å². The maximum Gasteiger partial charge on any atom is 0.414 e. The van der Waals surface area contributed by atoms with Gasteiger partial charge in [-0.15, -0.1) is 4.37 Å². The van der Waals surface area contributed by atoms with Crippen LogP contribution in [0.25, 0.3) is 0 Å². The van der Waals surface area contributed by atoms with Gasteiger partial charge < -0.3 is 9.47 Å². The number of rotatable bonds is 4. The molecule has 6 nitrogen and oxygen atoms in total. The predicted molar refractivity (Wildman–Crippen MR) is 69.5 cm³/mol. The Balaban J connectivity index is 1.61. The first-order valence-corrected chi connectivity index (χ1v) is 6.49. The number of para-hydroxylation sites is 1. The fourth-order valence-corrected chi connectivity index (χ4v) is 2.19. The molecule has 0 aliphatic carbocycles. The molecule has 0 N–H and O–H groups in total. The zero-order chi connectivity index (χ0) is 13.1. The van der Waals surface area contributed by atoms with Crippen LogP contribution in [0.3, 0.4) is 0 Å². The summed E-state index contributed by atoms with van der Waals surface area (Å²) >= 11 is 1.08. The molecule has 3 rings (SSSR count). The summed E-state index contributed by atoms with van der Waals surface area (Å²) in [6, 6.07) is 9.41. The molecule has 1 aromatic carbocycles. The molecule has 98 valence electrons. The van der Waals surface area contributed by atoms with Crippen LogP contribution in [0, 0.1) is 0 Å². The number of benzene rings is 1. The van der Waals surface area contributed by atoms with Gasteiger partial charge in [0.2, 0.25) is 5.88 Å². The molecule has 1 aliphatic rings. The largest absolute Gasteiger partial charge is 0.472 e. The minimum absolute atomic E-state index is 0.278. The lowest BCUT2D eigenvalue weighted by molar-refractivity contribution is 0.103. The molecule has 1 unspecified atom stereocenters. The topological polar surface area (TPSA) is 64.5 Å². The number of carbonyl (C=O) groups is 1. The minimum Gasteiger partial charge on any atom is -0.472 e. The van der Waals surface area contributed by atoms with E-state index in [9.17, 15) is 4.79 Å². The molecule has 0 spiro atoms. The molecule has 2 heterocycles. The Bertz CT molecular complexity index is 547. The molecule has 0 saturated carbocycles. The molecule has 1 saturated heterocycles. The molecular formula is C12H11N3O3S. The number of ether oxygens (including phenoxy) is 2. The van der Waals surface area contributed by atoms with Crippen molar-refractivity contribution in [3.05, 3.63) is 36.5 Å². The van der Waals surface area contributed by atoms with Crippen LogP contribution >= 0.6 is 11.7 Å². The van der Waals surface area contributed by atoms with E-state index in [1.807, 2.05) is 30.3 Å². The summed E-state index contributed by atoms with van der Waals surface area (Å²) in [5, 5.41) is 0. The molecular weight excluding hydrogens is 266 g/mol. The number of carbonyl (C=O) groups excluding carboxylic acids is 1. The third-order valence-corrected chi connectivity index (χ3v) is 3.16. The van der Waals surface area contributed by atoms with E-state index < -0.39 is 0 Å². The first kappa shape index (κ1) is 11.9. The van der Waals surface area contributed by atoms with E-state index in [-0.39, 0.29) is 18.8 Å². The quantitative estimate of drug-likeness (QED) is 0.854. The summed E-state index contributed by atoms with van der Waals surface area (Å²) in [5.41, 5.74) is 0.824. The predicted octanol–water partition coefficient (Wildman–Crippen LogP) is 1.94. The van der Waals surface area contributed by atoms with Gasteiger partial charge in [0.05, 0.1) is 18.3 Å². The van der Waals surface area contributed by atoms with Crippen LogP contribution in [0.2, 0.25) is 0 Å². The van der Waals surface area contributed by atoms with Gasteiger partial charge in [-0.05, 0) is 12.1 Å². The molecule has 0 radical (unpaired) electrons. The number of hydrogen-bond acceptors (Lipinski definition) is 6. The van der Waals surface area contributed by atoms with E-state index in [4.69, 9.17) is 9.47 Å². The summed E-state index contributed by atoms with van der Waals surface area (Å²) in [6.07, 6.45) is 0.891. The molecule has 1 amide bonds. The van der Waals surface area contributed by atoms with Crippen LogP contribution in [-0.2, 0) is 4.74 Å². The van der Waals surface area contributed by atoms with Crippen molar-refractivity contribution in [2.24, 2.45) is 0 Å². The lowest BCUT2D eigenvalue weighted by Crippen LogP contribution is -2.26. The summed E-state index contributed by atoms with van der Waals surface area (Å²) in [6.45, 7) is 0.751. The second kappa shape index (κ2) is 5.23. The normalized spacial score (nSPS) is 18.4. The minimum atomic E-state index is -0.351. The van der Waals surface area contributed by atoms with E-state index in [2.05, 4.69) is 8.75 Å². The first-order chi connectivity index (χ1) is 9.33. The molecule has 0 bridgehead atoms. The van der Waals surface area contributed by atoms with E-state index in [0.29, 0.717) is 12.4 Å². The van der Waals surface area contributed by atoms with Crippen LogP contribution in [0.5, 0.6) is 5.88 Å². The zero-order valence-electron chi connectivity index (χ0n) is 9.93. The van der Waals surface area contributed by atoms with Crippen LogP contribution in [-0.4, -0.2) is 34.1 Å². The lowest BCUT2D eigenvalue weighted by atomic mass is 10.3. The number of aromatic nitrogens is 2. The average molecular weight is 277 g/mol. The van der Waals surface area contributed by atoms with E-state index in [0.717, 1.165) is 17.4 Å². The Morgan fingerprint density at radius 2 is 2.26 bits per heavy atom. The van der Waals surface area contributed by atoms with Crippen LogP contribution < -0.4 is 9.64 Å². The third kappa shape index (κ3) is 2.65. The lowest BCUT2D eigenvalue weighted by Gasteiger charge is -2.12. The smallest absolute Gasteiger partial charge is 0.414 e. The first-order valence-electron chi connectivity index (χ1n) is 5.76. The fraction of sp³-hybridized carbons (Fsp3) is 0.250. The summed E-state index contributed by atoms with van der Waals surface area (Å²) in [7, 11) is 0. The van der Waals surface area contributed by atoms with Gasteiger partial charge in [0.25, 0.3) is 0 Å². The average Bonchev–Trinajstić information content (AvgIpc) is 3.07. The number of amides is 1. The van der Waals surface area contributed by atoms with Gasteiger partial charge in [0.15, 0.2) is 6.10 Å². The maximum absolute atomic E-state index is 11.8. The Kier molecular flexibility index (Phi) is 3.28. The van der Waals surface area contributed by atoms with Crippen LogP contribution in [0.15, 0.2) is 36.5 Å². The van der Waals surface area contributed by atoms with E-state index in [1.165, 1.54) is 6.20 Å². The van der Waals surface area contributed by atoms with Gasteiger partial charge in [-0.25, -0.2) is 4.79 Å². The van der Waals surface area contributed by atoms with Crippen LogP contribution in [0.4, 0.5) is 10.5 Å². The van der Waals surface area contributed by atoms with Crippen molar-refractivity contribution < 1.29 is 14.3 Å². The number of cyclic esters (lactones) is 1. The number of hydrogen-bond donors (Lipinski definition) is 0. The van der Waals surface area contributed by atoms with Crippen molar-refractivity contribution in [2.45, 2.75) is 6.10 Å². The molecule has 1 fully saturated rings. The molecule has 1 atom stereocenters. The Morgan fingerprint density at radius 3 is 3.00 bits per heavy atom. The van der Waals surface area contributed by atoms with Gasteiger partial charge in [-0.3, -0.25) is 4.90 Å². The highest BCUT2D eigenvalue weighted by Gasteiger charge is 2.32. The molecule has 1 aliphatic heterocycles.